The Bertz CT molecular complexity index is 865. The molecule has 0 radical (unpaired) electrons. The average molecular weight is 463 g/mol. The van der Waals surface area contributed by atoms with E-state index in [2.05, 4.69) is 19.2 Å². The maximum Gasteiger partial charge on any atom is 0.240 e. The largest absolute Gasteiger partial charge is 0.392 e. The van der Waals surface area contributed by atoms with Gasteiger partial charge in [-0.3, -0.25) is 9.59 Å². The SMILES string of the molecule is C[C@H](C(=O)N1CCCC1)[C@@H]1CC[C@@]2(C)Cc3sc(NC(=O)CN(C)C)nc3[C@@H](C)[C@@H]2[C@H]1O. The zero-order chi connectivity index (χ0) is 23.2. The summed E-state index contributed by atoms with van der Waals surface area (Å²) in [5.41, 5.74) is 0.992. The molecular formula is C24H38N4O3S. The van der Waals surface area contributed by atoms with Crippen LogP contribution in [-0.4, -0.2) is 71.5 Å². The highest BCUT2D eigenvalue weighted by atomic mass is 32.1. The highest BCUT2D eigenvalue weighted by molar-refractivity contribution is 7.15. The highest BCUT2D eigenvalue weighted by Gasteiger charge is 2.54. The third-order valence-electron chi connectivity index (χ3n) is 8.08. The fraction of sp³-hybridized carbons (Fsp3) is 0.792. The lowest BCUT2D eigenvalue weighted by Crippen LogP contribution is -2.53. The normalized spacial score (nSPS) is 33.0. The second-order valence-corrected chi connectivity index (χ2v) is 11.9. The molecule has 2 amide bonds. The summed E-state index contributed by atoms with van der Waals surface area (Å²) in [4.78, 5) is 35.1. The van der Waals surface area contributed by atoms with E-state index in [0.29, 0.717) is 11.7 Å². The van der Waals surface area contributed by atoms with Gasteiger partial charge in [0.1, 0.15) is 0 Å². The first kappa shape index (κ1) is 23.6. The number of likely N-dealkylation sites (N-methyl/N-ethyl adjacent to an activating group) is 1. The van der Waals surface area contributed by atoms with Crippen molar-refractivity contribution in [1.82, 2.24) is 14.8 Å². The average Bonchev–Trinajstić information content (AvgIpc) is 3.36. The number of carbonyl (C=O) groups is 2. The van der Waals surface area contributed by atoms with Crippen LogP contribution in [0, 0.1) is 23.2 Å². The van der Waals surface area contributed by atoms with E-state index in [1.54, 1.807) is 11.3 Å². The van der Waals surface area contributed by atoms with Crippen LogP contribution >= 0.6 is 11.3 Å². The Balaban J connectivity index is 1.53. The van der Waals surface area contributed by atoms with Gasteiger partial charge in [0, 0.05) is 29.8 Å². The molecule has 1 aromatic heterocycles. The Labute approximate surface area is 195 Å². The molecule has 1 aromatic rings. The number of aliphatic hydroxyl groups is 1. The van der Waals surface area contributed by atoms with E-state index < -0.39 is 6.10 Å². The number of anilines is 1. The van der Waals surface area contributed by atoms with Crippen molar-refractivity contribution in [2.75, 3.05) is 39.0 Å². The molecular weight excluding hydrogens is 424 g/mol. The molecule has 1 saturated carbocycles. The molecule has 0 bridgehead atoms. The molecule has 0 spiro atoms. The third-order valence-corrected chi connectivity index (χ3v) is 9.06. The first-order valence-electron chi connectivity index (χ1n) is 12.0. The zero-order valence-corrected chi connectivity index (χ0v) is 20.9. The minimum Gasteiger partial charge on any atom is -0.392 e. The topological polar surface area (TPSA) is 85.8 Å². The van der Waals surface area contributed by atoms with Gasteiger partial charge in [-0.1, -0.05) is 20.8 Å². The number of hydrogen-bond acceptors (Lipinski definition) is 6. The van der Waals surface area contributed by atoms with Crippen LogP contribution in [0.25, 0.3) is 0 Å². The van der Waals surface area contributed by atoms with Gasteiger partial charge < -0.3 is 20.2 Å². The number of nitrogens with zero attached hydrogens (tertiary/aromatic N) is 3. The van der Waals surface area contributed by atoms with Crippen LogP contribution in [0.15, 0.2) is 0 Å². The van der Waals surface area contributed by atoms with Crippen molar-refractivity contribution in [1.29, 1.82) is 0 Å². The lowest BCUT2D eigenvalue weighted by Gasteiger charge is -2.53. The van der Waals surface area contributed by atoms with Crippen LogP contribution in [0.3, 0.4) is 0 Å². The molecule has 3 aliphatic rings. The number of nitrogens with one attached hydrogen (secondary N) is 1. The number of thiazole rings is 1. The summed E-state index contributed by atoms with van der Waals surface area (Å²) in [6.07, 6.45) is 4.40. The Morgan fingerprint density at radius 3 is 2.69 bits per heavy atom. The molecule has 178 valence electrons. The molecule has 2 heterocycles. The number of aromatic nitrogens is 1. The Morgan fingerprint density at radius 2 is 2.03 bits per heavy atom. The van der Waals surface area contributed by atoms with E-state index in [9.17, 15) is 14.7 Å². The summed E-state index contributed by atoms with van der Waals surface area (Å²) in [6, 6.07) is 0. The number of aliphatic hydroxyl groups excluding tert-OH is 1. The summed E-state index contributed by atoms with van der Waals surface area (Å²) in [7, 11) is 3.74. The molecule has 1 aliphatic heterocycles. The van der Waals surface area contributed by atoms with Gasteiger partial charge in [0.15, 0.2) is 5.13 Å². The lowest BCUT2D eigenvalue weighted by atomic mass is 9.53. The van der Waals surface area contributed by atoms with Crippen LogP contribution in [0.5, 0.6) is 0 Å². The van der Waals surface area contributed by atoms with Crippen LogP contribution in [0.4, 0.5) is 5.13 Å². The number of amides is 2. The van der Waals surface area contributed by atoms with Crippen LogP contribution in [0.1, 0.15) is 62.9 Å². The van der Waals surface area contributed by atoms with E-state index >= 15 is 0 Å². The van der Waals surface area contributed by atoms with Crippen LogP contribution in [-0.2, 0) is 16.0 Å². The molecule has 6 atom stereocenters. The van der Waals surface area contributed by atoms with Crippen molar-refractivity contribution < 1.29 is 14.7 Å². The summed E-state index contributed by atoms with van der Waals surface area (Å²) in [5, 5.41) is 15.2. The molecule has 7 nitrogen and oxygen atoms in total. The maximum absolute atomic E-state index is 13.1. The molecule has 0 unspecified atom stereocenters. The molecule has 8 heteroatoms. The van der Waals surface area contributed by atoms with Crippen molar-refractivity contribution in [3.8, 4) is 0 Å². The first-order chi connectivity index (χ1) is 15.1. The van der Waals surface area contributed by atoms with Crippen molar-refractivity contribution in [2.24, 2.45) is 23.2 Å². The summed E-state index contributed by atoms with van der Waals surface area (Å²) in [6.45, 7) is 8.49. The molecule has 2 fully saturated rings. The van der Waals surface area contributed by atoms with Gasteiger partial charge in [-0.15, -0.1) is 11.3 Å². The van der Waals surface area contributed by atoms with Gasteiger partial charge in [0.05, 0.1) is 18.3 Å². The molecule has 4 rings (SSSR count). The predicted molar refractivity (Wildman–Crippen MR) is 127 cm³/mol. The van der Waals surface area contributed by atoms with Crippen LogP contribution in [0.2, 0.25) is 0 Å². The third kappa shape index (κ3) is 4.33. The van der Waals surface area contributed by atoms with Crippen LogP contribution < -0.4 is 5.32 Å². The number of likely N-dealkylation sites (tertiary alicyclic amines) is 1. The van der Waals surface area contributed by atoms with Crippen molar-refractivity contribution >= 4 is 28.3 Å². The standard InChI is InChI=1S/C24H38N4O3S/c1-14(22(31)28-10-6-7-11-28)16-8-9-24(3)12-17-20(15(2)19(24)21(16)30)26-23(32-17)25-18(29)13-27(4)5/h14-16,19,21,30H,6-13H2,1-5H3,(H,25,26,29)/t14-,15-,16-,19+,21-,24-/m0/s1. The smallest absolute Gasteiger partial charge is 0.240 e. The van der Waals surface area contributed by atoms with Gasteiger partial charge >= 0.3 is 0 Å². The van der Waals surface area contributed by atoms with Crippen molar-refractivity contribution in [3.63, 3.8) is 0 Å². The van der Waals surface area contributed by atoms with E-state index in [0.717, 1.165) is 50.9 Å². The Hall–Kier alpha value is -1.51. The number of rotatable bonds is 5. The second kappa shape index (κ2) is 9.03. The first-order valence-corrected chi connectivity index (χ1v) is 12.8. The highest BCUT2D eigenvalue weighted by Crippen LogP contribution is 2.57. The minimum absolute atomic E-state index is 0.0110. The monoisotopic (exact) mass is 462 g/mol. The van der Waals surface area contributed by atoms with Gasteiger partial charge in [-0.25, -0.2) is 4.98 Å². The van der Waals surface area contributed by atoms with E-state index in [1.165, 1.54) is 4.88 Å². The van der Waals surface area contributed by atoms with E-state index in [-0.39, 0.29) is 40.9 Å². The fourth-order valence-electron chi connectivity index (χ4n) is 6.45. The number of hydrogen-bond donors (Lipinski definition) is 2. The van der Waals surface area contributed by atoms with E-state index in [4.69, 9.17) is 4.98 Å². The second-order valence-electron chi connectivity index (χ2n) is 10.8. The summed E-state index contributed by atoms with van der Waals surface area (Å²) < 4.78 is 0. The van der Waals surface area contributed by atoms with E-state index in [1.807, 2.05) is 30.8 Å². The van der Waals surface area contributed by atoms with Gasteiger partial charge in [-0.2, -0.15) is 0 Å². The minimum atomic E-state index is -0.521. The van der Waals surface area contributed by atoms with Gasteiger partial charge in [0.2, 0.25) is 11.8 Å². The quantitative estimate of drug-likeness (QED) is 0.703. The zero-order valence-electron chi connectivity index (χ0n) is 20.1. The summed E-state index contributed by atoms with van der Waals surface area (Å²) in [5.74, 6) is 0.132. The molecule has 0 aromatic carbocycles. The van der Waals surface area contributed by atoms with Crippen molar-refractivity contribution in [3.05, 3.63) is 10.6 Å². The summed E-state index contributed by atoms with van der Waals surface area (Å²) >= 11 is 1.57. The number of carbonyl (C=O) groups excluding carboxylic acids is 2. The fourth-order valence-corrected chi connectivity index (χ4v) is 7.73. The Kier molecular flexibility index (Phi) is 6.67. The molecule has 2 N–H and O–H groups in total. The van der Waals surface area contributed by atoms with Gasteiger partial charge in [-0.05, 0) is 63.5 Å². The Morgan fingerprint density at radius 1 is 1.34 bits per heavy atom. The predicted octanol–water partition coefficient (Wildman–Crippen LogP) is 2.95. The maximum atomic E-state index is 13.1. The molecule has 32 heavy (non-hydrogen) atoms. The molecule has 1 saturated heterocycles. The lowest BCUT2D eigenvalue weighted by molar-refractivity contribution is -0.143. The number of fused-ring (bicyclic) bond motifs is 2. The molecule has 2 aliphatic carbocycles. The van der Waals surface area contributed by atoms with Crippen molar-refractivity contribution in [2.45, 2.75) is 64.9 Å². The van der Waals surface area contributed by atoms with Gasteiger partial charge in [0.25, 0.3) is 0 Å².